The lowest BCUT2D eigenvalue weighted by molar-refractivity contribution is 0.0772. The van der Waals surface area contributed by atoms with Crippen molar-refractivity contribution in [2.75, 3.05) is 26.2 Å². The third kappa shape index (κ3) is 6.08. The summed E-state index contributed by atoms with van der Waals surface area (Å²) in [5, 5.41) is 12.3. The molecule has 1 atom stereocenters. The summed E-state index contributed by atoms with van der Waals surface area (Å²) >= 11 is 0. The molecular weight excluding hydrogens is 448 g/mol. The summed E-state index contributed by atoms with van der Waals surface area (Å²) in [5.74, 6) is 0.785. The average molecular weight is 483 g/mol. The highest BCUT2D eigenvalue weighted by Gasteiger charge is 2.31. The second-order valence-corrected chi connectivity index (χ2v) is 11.5. The molecule has 1 aliphatic rings. The van der Waals surface area contributed by atoms with E-state index in [-0.39, 0.29) is 16.8 Å². The van der Waals surface area contributed by atoms with Crippen molar-refractivity contribution < 1.29 is 8.42 Å². The van der Waals surface area contributed by atoms with Crippen molar-refractivity contribution in [2.24, 2.45) is 5.92 Å². The summed E-state index contributed by atoms with van der Waals surface area (Å²) in [6.45, 7) is 10.9. The lowest BCUT2D eigenvalue weighted by Crippen LogP contribution is -2.48. The van der Waals surface area contributed by atoms with Gasteiger partial charge in [-0.25, -0.2) is 13.1 Å². The van der Waals surface area contributed by atoms with Gasteiger partial charge in [0.25, 0.3) is 0 Å². The van der Waals surface area contributed by atoms with Crippen LogP contribution in [0.25, 0.3) is 0 Å². The fraction of sp³-hybridized carbons (Fsp3) is 0.480. The topological polar surface area (TPSA) is 84.2 Å². The second kappa shape index (κ2) is 10.8. The maximum atomic E-state index is 13.1. The zero-order chi connectivity index (χ0) is 24.1. The quantitative estimate of drug-likeness (QED) is 0.463. The van der Waals surface area contributed by atoms with Gasteiger partial charge in [-0.15, -0.1) is 5.10 Å². The van der Waals surface area contributed by atoms with Crippen LogP contribution in [0.4, 0.5) is 0 Å². The minimum Gasteiger partial charge on any atom is -0.297 e. The Bertz CT molecular complexity index is 1150. The van der Waals surface area contributed by atoms with Crippen molar-refractivity contribution >= 4 is 9.84 Å². The standard InChI is InChI=1S/C25H34N6O2S/c1-20(2)17-24(30-15-13-29(14-16-30)18-22-7-5-4-6-8-22)25-26-27-28-31(25)19-34(32,33)23-11-9-21(3)10-12-23/h4-12,20,24H,13-19H2,1-3H3/t24-/m1/s1. The van der Waals surface area contributed by atoms with Crippen LogP contribution < -0.4 is 0 Å². The number of benzene rings is 2. The molecule has 34 heavy (non-hydrogen) atoms. The van der Waals surface area contributed by atoms with Crippen LogP contribution >= 0.6 is 0 Å². The molecule has 0 unspecified atom stereocenters. The van der Waals surface area contributed by atoms with Crippen LogP contribution in [-0.2, 0) is 22.3 Å². The predicted octanol–water partition coefficient (Wildman–Crippen LogP) is 3.32. The van der Waals surface area contributed by atoms with Gasteiger partial charge in [-0.05, 0) is 47.4 Å². The first kappa shape index (κ1) is 24.5. The van der Waals surface area contributed by atoms with Crippen molar-refractivity contribution in [3.8, 4) is 0 Å². The van der Waals surface area contributed by atoms with Gasteiger partial charge in [0.15, 0.2) is 21.5 Å². The minimum atomic E-state index is -3.56. The van der Waals surface area contributed by atoms with Gasteiger partial charge in [0.05, 0.1) is 10.9 Å². The molecule has 8 nitrogen and oxygen atoms in total. The number of hydrogen-bond donors (Lipinski definition) is 0. The lowest BCUT2D eigenvalue weighted by atomic mass is 10.0. The van der Waals surface area contributed by atoms with Crippen molar-refractivity contribution in [1.82, 2.24) is 30.0 Å². The van der Waals surface area contributed by atoms with E-state index in [0.29, 0.717) is 11.7 Å². The van der Waals surface area contributed by atoms with Gasteiger partial charge in [0, 0.05) is 32.7 Å². The zero-order valence-electron chi connectivity index (χ0n) is 20.2. The third-order valence-corrected chi connectivity index (χ3v) is 7.90. The van der Waals surface area contributed by atoms with Gasteiger partial charge in [-0.2, -0.15) is 0 Å². The molecule has 3 aromatic rings. The number of hydrogen-bond acceptors (Lipinski definition) is 7. The van der Waals surface area contributed by atoms with Crippen LogP contribution in [0.15, 0.2) is 59.5 Å². The van der Waals surface area contributed by atoms with Gasteiger partial charge in [0.2, 0.25) is 0 Å². The Hall–Kier alpha value is -2.62. The van der Waals surface area contributed by atoms with Gasteiger partial charge in [-0.1, -0.05) is 61.9 Å². The molecule has 0 spiro atoms. The Morgan fingerprint density at radius 2 is 1.62 bits per heavy atom. The summed E-state index contributed by atoms with van der Waals surface area (Å²) in [7, 11) is -3.56. The van der Waals surface area contributed by atoms with Crippen molar-refractivity contribution in [1.29, 1.82) is 0 Å². The van der Waals surface area contributed by atoms with Crippen LogP contribution in [0.1, 0.15) is 43.3 Å². The molecule has 4 rings (SSSR count). The minimum absolute atomic E-state index is 0.0258. The van der Waals surface area contributed by atoms with Crippen LogP contribution in [0.3, 0.4) is 0 Å². The zero-order valence-corrected chi connectivity index (χ0v) is 21.0. The number of piperazine rings is 1. The lowest BCUT2D eigenvalue weighted by Gasteiger charge is -2.39. The number of nitrogens with zero attached hydrogens (tertiary/aromatic N) is 6. The predicted molar refractivity (Wildman–Crippen MR) is 132 cm³/mol. The molecule has 1 fully saturated rings. The van der Waals surface area contributed by atoms with Crippen molar-refractivity contribution in [3.05, 3.63) is 71.5 Å². The summed E-state index contributed by atoms with van der Waals surface area (Å²) in [5.41, 5.74) is 2.34. The first-order valence-corrected chi connectivity index (χ1v) is 13.5. The fourth-order valence-corrected chi connectivity index (χ4v) is 5.67. The maximum absolute atomic E-state index is 13.1. The van der Waals surface area contributed by atoms with Crippen LogP contribution in [0, 0.1) is 12.8 Å². The summed E-state index contributed by atoms with van der Waals surface area (Å²) in [4.78, 5) is 5.15. The van der Waals surface area contributed by atoms with E-state index in [4.69, 9.17) is 0 Å². The van der Waals surface area contributed by atoms with Crippen LogP contribution in [-0.4, -0.2) is 64.6 Å². The van der Waals surface area contributed by atoms with E-state index in [1.807, 2.05) is 25.1 Å². The Labute approximate surface area is 202 Å². The fourth-order valence-electron chi connectivity index (χ4n) is 4.46. The third-order valence-electron chi connectivity index (χ3n) is 6.32. The summed E-state index contributed by atoms with van der Waals surface area (Å²) < 4.78 is 27.6. The Balaban J connectivity index is 1.48. The first-order chi connectivity index (χ1) is 16.3. The summed E-state index contributed by atoms with van der Waals surface area (Å²) in [6.07, 6.45) is 0.865. The van der Waals surface area contributed by atoms with Crippen molar-refractivity contribution in [2.45, 2.75) is 50.6 Å². The van der Waals surface area contributed by atoms with E-state index in [1.165, 1.54) is 10.2 Å². The highest BCUT2D eigenvalue weighted by molar-refractivity contribution is 7.90. The molecule has 0 aliphatic carbocycles. The molecule has 182 valence electrons. The molecular formula is C25H34N6O2S. The normalized spacial score (nSPS) is 16.7. The molecule has 1 aromatic heterocycles. The molecule has 2 aromatic carbocycles. The molecule has 9 heteroatoms. The maximum Gasteiger partial charge on any atom is 0.198 e. The Morgan fingerprint density at radius 3 is 2.26 bits per heavy atom. The SMILES string of the molecule is Cc1ccc(S(=O)(=O)Cn2nnnc2[C@@H](CC(C)C)N2CCN(Cc3ccccc3)CC2)cc1. The van der Waals surface area contributed by atoms with Gasteiger partial charge < -0.3 is 0 Å². The van der Waals surface area contributed by atoms with E-state index in [0.717, 1.165) is 44.7 Å². The monoisotopic (exact) mass is 482 g/mol. The molecule has 0 saturated carbocycles. The largest absolute Gasteiger partial charge is 0.297 e. The molecule has 0 radical (unpaired) electrons. The molecule has 1 aliphatic heterocycles. The van der Waals surface area contributed by atoms with Crippen LogP contribution in [0.2, 0.25) is 0 Å². The number of aryl methyl sites for hydroxylation is 1. The average Bonchev–Trinajstić information content (AvgIpc) is 3.26. The Kier molecular flexibility index (Phi) is 7.75. The van der Waals surface area contributed by atoms with Gasteiger partial charge in [0.1, 0.15) is 0 Å². The highest BCUT2D eigenvalue weighted by Crippen LogP contribution is 2.28. The van der Waals surface area contributed by atoms with Gasteiger partial charge in [-0.3, -0.25) is 9.80 Å². The van der Waals surface area contributed by atoms with Crippen LogP contribution in [0.5, 0.6) is 0 Å². The smallest absolute Gasteiger partial charge is 0.198 e. The van der Waals surface area contributed by atoms with E-state index in [1.54, 1.807) is 12.1 Å². The van der Waals surface area contributed by atoms with Crippen molar-refractivity contribution in [3.63, 3.8) is 0 Å². The molecule has 0 bridgehead atoms. The van der Waals surface area contributed by atoms with E-state index in [9.17, 15) is 8.42 Å². The molecule has 1 saturated heterocycles. The Morgan fingerprint density at radius 1 is 0.941 bits per heavy atom. The number of tetrazole rings is 1. The van der Waals surface area contributed by atoms with E-state index < -0.39 is 9.84 Å². The number of sulfone groups is 1. The number of rotatable bonds is 9. The van der Waals surface area contributed by atoms with E-state index >= 15 is 0 Å². The molecule has 0 N–H and O–H groups in total. The molecule has 0 amide bonds. The number of aromatic nitrogens is 4. The second-order valence-electron chi connectivity index (χ2n) is 9.54. The molecule has 2 heterocycles. The highest BCUT2D eigenvalue weighted by atomic mass is 32.2. The van der Waals surface area contributed by atoms with Gasteiger partial charge >= 0.3 is 0 Å². The summed E-state index contributed by atoms with van der Waals surface area (Å²) in [6, 6.07) is 17.4. The van der Waals surface area contributed by atoms with E-state index in [2.05, 4.69) is 63.4 Å². The first-order valence-electron chi connectivity index (χ1n) is 11.9.